The van der Waals surface area contributed by atoms with Gasteiger partial charge in [0.25, 0.3) is 0 Å². The summed E-state index contributed by atoms with van der Waals surface area (Å²) in [6.07, 6.45) is 5.68. The molecule has 72 valence electrons. The molecule has 0 saturated heterocycles. The van der Waals surface area contributed by atoms with E-state index in [1.54, 1.807) is 19.4 Å². The standard InChI is InChI=1S/C9H14N2O2/c1-8(13)9(2-5-12)6-11-4-3-10-7-11/h3-4,7,9,12H,2,5-6H2,1H3. The second kappa shape index (κ2) is 4.77. The van der Waals surface area contributed by atoms with Gasteiger partial charge in [0.1, 0.15) is 5.78 Å². The average Bonchev–Trinajstić information content (AvgIpc) is 2.56. The fourth-order valence-corrected chi connectivity index (χ4v) is 1.23. The maximum absolute atomic E-state index is 11.1. The van der Waals surface area contributed by atoms with E-state index >= 15 is 0 Å². The van der Waals surface area contributed by atoms with Gasteiger partial charge in [-0.3, -0.25) is 4.79 Å². The van der Waals surface area contributed by atoms with E-state index < -0.39 is 0 Å². The Hall–Kier alpha value is -1.16. The van der Waals surface area contributed by atoms with E-state index in [-0.39, 0.29) is 18.3 Å². The molecule has 1 aromatic rings. The van der Waals surface area contributed by atoms with E-state index in [0.29, 0.717) is 13.0 Å². The summed E-state index contributed by atoms with van der Waals surface area (Å²) in [5.41, 5.74) is 0. The van der Waals surface area contributed by atoms with Crippen molar-refractivity contribution in [2.45, 2.75) is 19.9 Å². The van der Waals surface area contributed by atoms with Crippen LogP contribution in [0.25, 0.3) is 0 Å². The Morgan fingerprint density at radius 2 is 2.46 bits per heavy atom. The lowest BCUT2D eigenvalue weighted by atomic mass is 10.0. The predicted octanol–water partition coefficient (Wildman–Crippen LogP) is 0.471. The van der Waals surface area contributed by atoms with Crippen molar-refractivity contribution in [1.82, 2.24) is 9.55 Å². The number of Topliss-reactive ketones (excluding diaryl/α,β-unsaturated/α-hetero) is 1. The summed E-state index contributed by atoms with van der Waals surface area (Å²) in [4.78, 5) is 15.0. The van der Waals surface area contributed by atoms with Gasteiger partial charge in [0, 0.05) is 31.5 Å². The summed E-state index contributed by atoms with van der Waals surface area (Å²) in [7, 11) is 0. The molecular weight excluding hydrogens is 168 g/mol. The van der Waals surface area contributed by atoms with Crippen molar-refractivity contribution in [1.29, 1.82) is 0 Å². The van der Waals surface area contributed by atoms with Gasteiger partial charge in [-0.2, -0.15) is 0 Å². The maximum Gasteiger partial charge on any atom is 0.134 e. The molecular formula is C9H14N2O2. The van der Waals surface area contributed by atoms with Crippen LogP contribution >= 0.6 is 0 Å². The zero-order valence-electron chi connectivity index (χ0n) is 7.68. The van der Waals surface area contributed by atoms with Gasteiger partial charge in [0.15, 0.2) is 0 Å². The first-order valence-corrected chi connectivity index (χ1v) is 4.31. The number of rotatable bonds is 5. The lowest BCUT2D eigenvalue weighted by Gasteiger charge is -2.12. The van der Waals surface area contributed by atoms with Gasteiger partial charge < -0.3 is 9.67 Å². The minimum Gasteiger partial charge on any atom is -0.396 e. The molecule has 0 aliphatic rings. The molecule has 1 heterocycles. The van der Waals surface area contributed by atoms with E-state index in [9.17, 15) is 4.79 Å². The number of aromatic nitrogens is 2. The maximum atomic E-state index is 11.1. The second-order valence-electron chi connectivity index (χ2n) is 3.08. The first kappa shape index (κ1) is 9.92. The van der Waals surface area contributed by atoms with Crippen molar-refractivity contribution in [2.24, 2.45) is 5.92 Å². The minimum atomic E-state index is -0.0980. The quantitative estimate of drug-likeness (QED) is 0.720. The number of aliphatic hydroxyl groups excluding tert-OH is 1. The van der Waals surface area contributed by atoms with Crippen molar-refractivity contribution < 1.29 is 9.90 Å². The third kappa shape index (κ3) is 2.99. The summed E-state index contributed by atoms with van der Waals surface area (Å²) in [6, 6.07) is 0. The Bertz CT molecular complexity index is 257. The van der Waals surface area contributed by atoms with Gasteiger partial charge >= 0.3 is 0 Å². The van der Waals surface area contributed by atoms with Gasteiger partial charge in [0.2, 0.25) is 0 Å². The summed E-state index contributed by atoms with van der Waals surface area (Å²) in [5.74, 6) is 0.0157. The van der Waals surface area contributed by atoms with Crippen LogP contribution < -0.4 is 0 Å². The minimum absolute atomic E-state index is 0.0545. The van der Waals surface area contributed by atoms with Crippen molar-refractivity contribution in [3.05, 3.63) is 18.7 Å². The van der Waals surface area contributed by atoms with Crippen LogP contribution in [-0.4, -0.2) is 27.0 Å². The fraction of sp³-hybridized carbons (Fsp3) is 0.556. The molecule has 1 N–H and O–H groups in total. The molecule has 0 fully saturated rings. The number of ketones is 1. The predicted molar refractivity (Wildman–Crippen MR) is 48.1 cm³/mol. The van der Waals surface area contributed by atoms with E-state index in [2.05, 4.69) is 4.98 Å². The Morgan fingerprint density at radius 1 is 1.69 bits per heavy atom. The average molecular weight is 182 g/mol. The molecule has 1 unspecified atom stereocenters. The molecule has 0 spiro atoms. The molecule has 0 bridgehead atoms. The van der Waals surface area contributed by atoms with Crippen molar-refractivity contribution in [3.63, 3.8) is 0 Å². The normalized spacial score (nSPS) is 12.8. The molecule has 1 aromatic heterocycles. The number of hydrogen-bond acceptors (Lipinski definition) is 3. The van der Waals surface area contributed by atoms with Crippen LogP contribution in [0.1, 0.15) is 13.3 Å². The molecule has 4 heteroatoms. The van der Waals surface area contributed by atoms with Gasteiger partial charge in [-0.1, -0.05) is 0 Å². The van der Waals surface area contributed by atoms with E-state index in [0.717, 1.165) is 0 Å². The highest BCUT2D eigenvalue weighted by molar-refractivity contribution is 5.78. The van der Waals surface area contributed by atoms with Gasteiger partial charge in [0.05, 0.1) is 6.33 Å². The Kier molecular flexibility index (Phi) is 3.64. The van der Waals surface area contributed by atoms with Crippen LogP contribution in [0.15, 0.2) is 18.7 Å². The van der Waals surface area contributed by atoms with E-state index in [1.807, 2.05) is 10.8 Å². The number of imidazole rings is 1. The largest absolute Gasteiger partial charge is 0.396 e. The molecule has 0 radical (unpaired) electrons. The number of hydrogen-bond donors (Lipinski definition) is 1. The Labute approximate surface area is 77.2 Å². The fourth-order valence-electron chi connectivity index (χ4n) is 1.23. The lowest BCUT2D eigenvalue weighted by Crippen LogP contribution is -2.18. The van der Waals surface area contributed by atoms with Crippen molar-refractivity contribution >= 4 is 5.78 Å². The summed E-state index contributed by atoms with van der Waals surface area (Å²) >= 11 is 0. The molecule has 0 aliphatic heterocycles. The van der Waals surface area contributed by atoms with Gasteiger partial charge in [-0.25, -0.2) is 4.98 Å². The molecule has 1 atom stereocenters. The van der Waals surface area contributed by atoms with Gasteiger partial charge in [-0.15, -0.1) is 0 Å². The molecule has 13 heavy (non-hydrogen) atoms. The first-order valence-electron chi connectivity index (χ1n) is 4.31. The third-order valence-electron chi connectivity index (χ3n) is 2.04. The van der Waals surface area contributed by atoms with Crippen LogP contribution in [0.3, 0.4) is 0 Å². The highest BCUT2D eigenvalue weighted by atomic mass is 16.3. The lowest BCUT2D eigenvalue weighted by molar-refractivity contribution is -0.121. The molecule has 0 amide bonds. The van der Waals surface area contributed by atoms with E-state index in [1.165, 1.54) is 0 Å². The number of carbonyl (C=O) groups excluding carboxylic acids is 1. The second-order valence-corrected chi connectivity index (χ2v) is 3.08. The Balaban J connectivity index is 2.52. The Morgan fingerprint density at radius 3 is 2.92 bits per heavy atom. The van der Waals surface area contributed by atoms with Crippen LogP contribution in [0.2, 0.25) is 0 Å². The highest BCUT2D eigenvalue weighted by Gasteiger charge is 2.13. The summed E-state index contributed by atoms with van der Waals surface area (Å²) in [6.45, 7) is 2.21. The molecule has 4 nitrogen and oxygen atoms in total. The van der Waals surface area contributed by atoms with Crippen molar-refractivity contribution in [3.8, 4) is 0 Å². The zero-order valence-corrected chi connectivity index (χ0v) is 7.68. The number of nitrogens with zero attached hydrogens (tertiary/aromatic N) is 2. The molecule has 0 aromatic carbocycles. The van der Waals surface area contributed by atoms with Crippen LogP contribution in [0.5, 0.6) is 0 Å². The van der Waals surface area contributed by atoms with Gasteiger partial charge in [-0.05, 0) is 13.3 Å². The molecule has 0 saturated carbocycles. The highest BCUT2D eigenvalue weighted by Crippen LogP contribution is 2.07. The topological polar surface area (TPSA) is 55.1 Å². The van der Waals surface area contributed by atoms with Crippen LogP contribution in [-0.2, 0) is 11.3 Å². The SMILES string of the molecule is CC(=O)C(CCO)Cn1ccnc1. The smallest absolute Gasteiger partial charge is 0.134 e. The van der Waals surface area contributed by atoms with Crippen LogP contribution in [0, 0.1) is 5.92 Å². The van der Waals surface area contributed by atoms with Crippen molar-refractivity contribution in [2.75, 3.05) is 6.61 Å². The van der Waals surface area contributed by atoms with Crippen LogP contribution in [0.4, 0.5) is 0 Å². The monoisotopic (exact) mass is 182 g/mol. The zero-order chi connectivity index (χ0) is 9.68. The summed E-state index contributed by atoms with van der Waals surface area (Å²) < 4.78 is 1.85. The number of aliphatic hydroxyl groups is 1. The van der Waals surface area contributed by atoms with E-state index in [4.69, 9.17) is 5.11 Å². The molecule has 0 aliphatic carbocycles. The molecule has 1 rings (SSSR count). The number of carbonyl (C=O) groups is 1. The first-order chi connectivity index (χ1) is 6.24. The third-order valence-corrected chi connectivity index (χ3v) is 2.04. The summed E-state index contributed by atoms with van der Waals surface area (Å²) in [5, 5.41) is 8.74.